The van der Waals surface area contributed by atoms with Crippen LogP contribution >= 0.6 is 0 Å². The molecule has 0 saturated heterocycles. The van der Waals surface area contributed by atoms with Gasteiger partial charge in [0.15, 0.2) is 21.3 Å². The molecular formula is C12H15NO5S. The quantitative estimate of drug-likeness (QED) is 0.889. The lowest BCUT2D eigenvalue weighted by molar-refractivity contribution is -0.115. The Morgan fingerprint density at radius 2 is 1.89 bits per heavy atom. The predicted octanol–water partition coefficient (Wildman–Crippen LogP) is 0.829. The molecule has 6 nitrogen and oxygen atoms in total. The van der Waals surface area contributed by atoms with Gasteiger partial charge in [-0.25, -0.2) is 8.42 Å². The average molecular weight is 285 g/mol. The zero-order valence-corrected chi connectivity index (χ0v) is 11.5. The summed E-state index contributed by atoms with van der Waals surface area (Å²) in [5, 5.41) is 1.45. The third-order valence-electron chi connectivity index (χ3n) is 2.82. The van der Waals surface area contributed by atoms with Crippen LogP contribution in [0.25, 0.3) is 0 Å². The van der Waals surface area contributed by atoms with Crippen molar-refractivity contribution in [1.29, 1.82) is 0 Å². The average Bonchev–Trinajstić information content (AvgIpc) is 2.36. The smallest absolute Gasteiger partial charge is 0.242 e. The summed E-state index contributed by atoms with van der Waals surface area (Å²) in [5.41, 5.74) is 0.477. The summed E-state index contributed by atoms with van der Waals surface area (Å²) in [6.45, 7) is 2.29. The zero-order valence-electron chi connectivity index (χ0n) is 10.7. The van der Waals surface area contributed by atoms with Gasteiger partial charge in [0, 0.05) is 18.0 Å². The molecule has 0 aliphatic carbocycles. The molecule has 1 aromatic rings. The van der Waals surface area contributed by atoms with Gasteiger partial charge >= 0.3 is 0 Å². The summed E-state index contributed by atoms with van der Waals surface area (Å²) in [7, 11) is -3.41. The molecular weight excluding hydrogens is 270 g/mol. The molecule has 7 heteroatoms. The summed E-state index contributed by atoms with van der Waals surface area (Å²) in [6.07, 6.45) is 1.03. The molecule has 1 amide bonds. The minimum absolute atomic E-state index is 0.449. The first-order chi connectivity index (χ1) is 8.88. The number of rotatable bonds is 3. The molecule has 1 atom stereocenters. The van der Waals surface area contributed by atoms with Crippen LogP contribution in [-0.2, 0) is 14.6 Å². The summed E-state index contributed by atoms with van der Waals surface area (Å²) >= 11 is 0. The van der Waals surface area contributed by atoms with E-state index in [1.807, 2.05) is 0 Å². The first-order valence-corrected chi connectivity index (χ1v) is 7.73. The monoisotopic (exact) mass is 285 g/mol. The summed E-state index contributed by atoms with van der Waals surface area (Å²) < 4.78 is 33.3. The highest BCUT2D eigenvalue weighted by Gasteiger charge is 2.24. The summed E-state index contributed by atoms with van der Waals surface area (Å²) in [6, 6.07) is 4.93. The van der Waals surface area contributed by atoms with E-state index in [9.17, 15) is 13.2 Å². The third kappa shape index (κ3) is 3.17. The maximum Gasteiger partial charge on any atom is 0.242 e. The number of carbonyl (C=O) groups excluding carboxylic acids is 1. The molecule has 1 unspecified atom stereocenters. The van der Waals surface area contributed by atoms with Crippen LogP contribution in [0.2, 0.25) is 0 Å². The predicted molar refractivity (Wildman–Crippen MR) is 70.4 cm³/mol. The highest BCUT2D eigenvalue weighted by atomic mass is 32.2. The molecule has 0 saturated carbocycles. The van der Waals surface area contributed by atoms with Gasteiger partial charge in [0.05, 0.1) is 0 Å². The van der Waals surface area contributed by atoms with Gasteiger partial charge in [0.25, 0.3) is 0 Å². The maximum absolute atomic E-state index is 11.8. The standard InChI is InChI=1S/C12H15NO5S/c1-8(19(2,15)16)12(14)13-9-3-4-10-11(7-9)18-6-5-17-10/h3-4,7-8H,5-6H2,1-2H3,(H,13,14). The van der Waals surface area contributed by atoms with Crippen molar-refractivity contribution in [2.24, 2.45) is 0 Å². The second-order valence-electron chi connectivity index (χ2n) is 4.32. The van der Waals surface area contributed by atoms with Gasteiger partial charge in [-0.2, -0.15) is 0 Å². The van der Waals surface area contributed by atoms with Crippen molar-refractivity contribution < 1.29 is 22.7 Å². The fourth-order valence-electron chi connectivity index (χ4n) is 1.56. The zero-order chi connectivity index (χ0) is 14.0. The molecule has 1 N–H and O–H groups in total. The van der Waals surface area contributed by atoms with E-state index in [-0.39, 0.29) is 0 Å². The van der Waals surface area contributed by atoms with E-state index in [0.717, 1.165) is 6.26 Å². The number of sulfone groups is 1. The van der Waals surface area contributed by atoms with Crippen LogP contribution in [0.15, 0.2) is 18.2 Å². The molecule has 0 spiro atoms. The van der Waals surface area contributed by atoms with Crippen molar-refractivity contribution in [1.82, 2.24) is 0 Å². The largest absolute Gasteiger partial charge is 0.486 e. The van der Waals surface area contributed by atoms with Gasteiger partial charge in [-0.05, 0) is 19.1 Å². The van der Waals surface area contributed by atoms with Crippen molar-refractivity contribution in [3.8, 4) is 11.5 Å². The van der Waals surface area contributed by atoms with E-state index in [2.05, 4.69) is 5.32 Å². The van der Waals surface area contributed by atoms with E-state index < -0.39 is 21.0 Å². The summed E-state index contributed by atoms with van der Waals surface area (Å²) in [5.74, 6) is 0.579. The van der Waals surface area contributed by atoms with Gasteiger partial charge in [-0.15, -0.1) is 0 Å². The highest BCUT2D eigenvalue weighted by Crippen LogP contribution is 2.32. The van der Waals surface area contributed by atoms with Gasteiger partial charge < -0.3 is 14.8 Å². The van der Waals surface area contributed by atoms with E-state index in [1.165, 1.54) is 6.92 Å². The molecule has 1 aliphatic heterocycles. The van der Waals surface area contributed by atoms with Crippen molar-refractivity contribution in [2.75, 3.05) is 24.8 Å². The lowest BCUT2D eigenvalue weighted by Crippen LogP contribution is -2.31. The van der Waals surface area contributed by atoms with E-state index in [4.69, 9.17) is 9.47 Å². The van der Waals surface area contributed by atoms with Crippen LogP contribution in [0, 0.1) is 0 Å². The van der Waals surface area contributed by atoms with Crippen LogP contribution in [-0.4, -0.2) is 39.0 Å². The Kier molecular flexibility index (Phi) is 3.66. The number of benzene rings is 1. The van der Waals surface area contributed by atoms with E-state index in [0.29, 0.717) is 30.4 Å². The Bertz CT molecular complexity index is 596. The molecule has 0 bridgehead atoms. The topological polar surface area (TPSA) is 81.7 Å². The van der Waals surface area contributed by atoms with Gasteiger partial charge in [0.1, 0.15) is 18.5 Å². The Morgan fingerprint density at radius 3 is 2.53 bits per heavy atom. The molecule has 1 aliphatic rings. The van der Waals surface area contributed by atoms with Crippen LogP contribution in [0.3, 0.4) is 0 Å². The first-order valence-electron chi connectivity index (χ1n) is 5.77. The number of amides is 1. The second-order valence-corrected chi connectivity index (χ2v) is 6.69. The molecule has 19 heavy (non-hydrogen) atoms. The fraction of sp³-hybridized carbons (Fsp3) is 0.417. The summed E-state index contributed by atoms with van der Waals surface area (Å²) in [4.78, 5) is 11.8. The van der Waals surface area contributed by atoms with Crippen molar-refractivity contribution in [3.05, 3.63) is 18.2 Å². The molecule has 0 radical (unpaired) electrons. The van der Waals surface area contributed by atoms with Crippen molar-refractivity contribution in [3.63, 3.8) is 0 Å². The van der Waals surface area contributed by atoms with Crippen LogP contribution in [0.5, 0.6) is 11.5 Å². The van der Waals surface area contributed by atoms with Gasteiger partial charge in [-0.1, -0.05) is 0 Å². The number of ether oxygens (including phenoxy) is 2. The number of hydrogen-bond donors (Lipinski definition) is 1. The first kappa shape index (κ1) is 13.7. The number of nitrogens with one attached hydrogen (secondary N) is 1. The number of anilines is 1. The lowest BCUT2D eigenvalue weighted by atomic mass is 10.2. The minimum Gasteiger partial charge on any atom is -0.486 e. The Labute approximate surface area is 111 Å². The highest BCUT2D eigenvalue weighted by molar-refractivity contribution is 7.92. The molecule has 1 heterocycles. The molecule has 104 valence electrons. The van der Waals surface area contributed by atoms with Gasteiger partial charge in [-0.3, -0.25) is 4.79 Å². The Morgan fingerprint density at radius 1 is 1.26 bits per heavy atom. The molecule has 0 fully saturated rings. The lowest BCUT2D eigenvalue weighted by Gasteiger charge is -2.19. The maximum atomic E-state index is 11.8. The number of carbonyl (C=O) groups is 1. The van der Waals surface area contributed by atoms with Crippen molar-refractivity contribution >= 4 is 21.4 Å². The normalized spacial score (nSPS) is 15.7. The third-order valence-corrected chi connectivity index (χ3v) is 4.32. The van der Waals surface area contributed by atoms with E-state index in [1.54, 1.807) is 18.2 Å². The molecule has 0 aromatic heterocycles. The van der Waals surface area contributed by atoms with Crippen molar-refractivity contribution in [2.45, 2.75) is 12.2 Å². The second kappa shape index (κ2) is 5.08. The SMILES string of the molecule is CC(C(=O)Nc1ccc2c(c1)OCCO2)S(C)(=O)=O. The van der Waals surface area contributed by atoms with E-state index >= 15 is 0 Å². The number of fused-ring (bicyclic) bond motifs is 1. The Balaban J connectivity index is 2.14. The molecule has 1 aromatic carbocycles. The Hall–Kier alpha value is -1.76. The fourth-order valence-corrected chi connectivity index (χ4v) is 2.01. The van der Waals surface area contributed by atoms with Gasteiger partial charge in [0.2, 0.25) is 5.91 Å². The van der Waals surface area contributed by atoms with Crippen LogP contribution in [0.1, 0.15) is 6.92 Å². The number of hydrogen-bond acceptors (Lipinski definition) is 5. The van der Waals surface area contributed by atoms with Crippen LogP contribution < -0.4 is 14.8 Å². The minimum atomic E-state index is -3.41. The molecule has 2 rings (SSSR count). The van der Waals surface area contributed by atoms with Crippen LogP contribution in [0.4, 0.5) is 5.69 Å².